The van der Waals surface area contributed by atoms with E-state index in [9.17, 15) is 4.79 Å². The van der Waals surface area contributed by atoms with Crippen LogP contribution in [0.4, 0.5) is 5.95 Å². The SMILES string of the molecule is Cc1nc(OC2CC2Cc2cc(C(=O)N(C)c3ncc(C(C)C)cn3)n(C)n2)ncc1C(C)C. The minimum atomic E-state index is -0.198. The molecule has 0 spiro atoms. The summed E-state index contributed by atoms with van der Waals surface area (Å²) in [5.74, 6) is 1.22. The lowest BCUT2D eigenvalue weighted by molar-refractivity contribution is 0.0982. The van der Waals surface area contributed by atoms with Crippen LogP contribution < -0.4 is 9.64 Å². The molecular weight excluding hydrogens is 430 g/mol. The van der Waals surface area contributed by atoms with E-state index in [1.165, 1.54) is 4.90 Å². The molecule has 0 aliphatic heterocycles. The second kappa shape index (κ2) is 9.48. The molecule has 0 radical (unpaired) electrons. The van der Waals surface area contributed by atoms with Gasteiger partial charge in [-0.05, 0) is 48.8 Å². The first-order chi connectivity index (χ1) is 16.1. The summed E-state index contributed by atoms with van der Waals surface area (Å²) in [4.78, 5) is 32.1. The summed E-state index contributed by atoms with van der Waals surface area (Å²) >= 11 is 0. The van der Waals surface area contributed by atoms with Crippen molar-refractivity contribution in [1.82, 2.24) is 29.7 Å². The van der Waals surface area contributed by atoms with Crippen molar-refractivity contribution in [2.75, 3.05) is 11.9 Å². The Morgan fingerprint density at radius 1 is 1.15 bits per heavy atom. The molecule has 0 saturated heterocycles. The molecule has 2 unspecified atom stereocenters. The lowest BCUT2D eigenvalue weighted by atomic mass is 10.0. The zero-order chi connectivity index (χ0) is 24.6. The number of ether oxygens (including phenoxy) is 1. The number of aryl methyl sites for hydroxylation is 2. The van der Waals surface area contributed by atoms with Gasteiger partial charge in [0.1, 0.15) is 11.8 Å². The molecule has 3 aromatic rings. The van der Waals surface area contributed by atoms with E-state index in [4.69, 9.17) is 4.74 Å². The number of carbonyl (C=O) groups excluding carboxylic acids is 1. The monoisotopic (exact) mass is 463 g/mol. The summed E-state index contributed by atoms with van der Waals surface area (Å²) in [6.45, 7) is 10.4. The third-order valence-electron chi connectivity index (χ3n) is 6.28. The second-order valence-electron chi connectivity index (χ2n) is 9.68. The predicted octanol–water partition coefficient (Wildman–Crippen LogP) is 3.84. The normalized spacial score (nSPS) is 17.3. The van der Waals surface area contributed by atoms with Gasteiger partial charge in [-0.3, -0.25) is 14.4 Å². The Morgan fingerprint density at radius 2 is 1.85 bits per heavy atom. The number of rotatable bonds is 8. The summed E-state index contributed by atoms with van der Waals surface area (Å²) in [5.41, 5.74) is 4.48. The molecule has 9 heteroatoms. The third-order valence-corrected chi connectivity index (χ3v) is 6.28. The van der Waals surface area contributed by atoms with Crippen LogP contribution in [-0.2, 0) is 13.5 Å². The van der Waals surface area contributed by atoms with Crippen LogP contribution in [0.2, 0.25) is 0 Å². The number of nitrogens with zero attached hydrogens (tertiary/aromatic N) is 7. The predicted molar refractivity (Wildman–Crippen MR) is 129 cm³/mol. The molecule has 0 aromatic carbocycles. The smallest absolute Gasteiger partial charge is 0.316 e. The lowest BCUT2D eigenvalue weighted by Crippen LogP contribution is -2.29. The summed E-state index contributed by atoms with van der Waals surface area (Å²) < 4.78 is 7.60. The summed E-state index contributed by atoms with van der Waals surface area (Å²) in [7, 11) is 3.46. The van der Waals surface area contributed by atoms with Crippen molar-refractivity contribution in [3.63, 3.8) is 0 Å². The van der Waals surface area contributed by atoms with Crippen LogP contribution in [0.15, 0.2) is 24.7 Å². The number of amides is 1. The molecule has 34 heavy (non-hydrogen) atoms. The van der Waals surface area contributed by atoms with Gasteiger partial charge in [0, 0.05) is 44.3 Å². The molecule has 3 aromatic heterocycles. The fourth-order valence-electron chi connectivity index (χ4n) is 3.95. The van der Waals surface area contributed by atoms with E-state index < -0.39 is 0 Å². The van der Waals surface area contributed by atoms with Crippen LogP contribution in [0.25, 0.3) is 0 Å². The minimum Gasteiger partial charge on any atom is -0.460 e. The van der Waals surface area contributed by atoms with Crippen molar-refractivity contribution in [1.29, 1.82) is 0 Å². The second-order valence-corrected chi connectivity index (χ2v) is 9.68. The average Bonchev–Trinajstić information content (AvgIpc) is 3.40. The van der Waals surface area contributed by atoms with E-state index in [0.717, 1.165) is 35.4 Å². The third kappa shape index (κ3) is 5.08. The van der Waals surface area contributed by atoms with Crippen LogP contribution in [0.3, 0.4) is 0 Å². The first kappa shape index (κ1) is 23.8. The summed E-state index contributed by atoms with van der Waals surface area (Å²) in [6, 6.07) is 2.27. The van der Waals surface area contributed by atoms with Gasteiger partial charge in [0.2, 0.25) is 5.95 Å². The molecule has 1 amide bonds. The number of hydrogen-bond acceptors (Lipinski definition) is 7. The Bertz CT molecular complexity index is 1170. The standard InChI is InChI=1S/C25H33N7O2/c1-14(2)18-11-26-24(27-12-18)31(6)23(33)21-10-19(30-32(21)7)8-17-9-22(17)34-25-28-13-20(15(3)4)16(5)29-25/h10-15,17,22H,8-9H2,1-7H3. The van der Waals surface area contributed by atoms with Gasteiger partial charge in [-0.15, -0.1) is 0 Å². The molecule has 1 fully saturated rings. The van der Waals surface area contributed by atoms with E-state index in [-0.39, 0.29) is 12.0 Å². The molecule has 0 bridgehead atoms. The number of aromatic nitrogens is 6. The van der Waals surface area contributed by atoms with Gasteiger partial charge in [0.15, 0.2) is 0 Å². The fraction of sp³-hybridized carbons (Fsp3) is 0.520. The van der Waals surface area contributed by atoms with Crippen molar-refractivity contribution in [2.24, 2.45) is 13.0 Å². The van der Waals surface area contributed by atoms with E-state index in [1.54, 1.807) is 31.2 Å². The van der Waals surface area contributed by atoms with Crippen LogP contribution in [0, 0.1) is 12.8 Å². The van der Waals surface area contributed by atoms with Crippen molar-refractivity contribution < 1.29 is 9.53 Å². The highest BCUT2D eigenvalue weighted by Crippen LogP contribution is 2.37. The number of anilines is 1. The maximum absolute atomic E-state index is 13.1. The molecule has 1 aliphatic carbocycles. The van der Waals surface area contributed by atoms with Crippen molar-refractivity contribution >= 4 is 11.9 Å². The minimum absolute atomic E-state index is 0.0704. The molecule has 1 aliphatic rings. The summed E-state index contributed by atoms with van der Waals surface area (Å²) in [5, 5.41) is 4.55. The maximum atomic E-state index is 13.1. The van der Waals surface area contributed by atoms with Gasteiger partial charge in [-0.2, -0.15) is 5.10 Å². The molecule has 2 atom stereocenters. The molecule has 9 nitrogen and oxygen atoms in total. The maximum Gasteiger partial charge on any atom is 0.316 e. The van der Waals surface area contributed by atoms with Gasteiger partial charge in [0.05, 0.1) is 5.69 Å². The highest BCUT2D eigenvalue weighted by molar-refractivity contribution is 6.03. The molecule has 3 heterocycles. The zero-order valence-electron chi connectivity index (χ0n) is 21.0. The summed E-state index contributed by atoms with van der Waals surface area (Å²) in [6.07, 6.45) is 7.11. The number of carbonyl (C=O) groups is 1. The zero-order valence-corrected chi connectivity index (χ0v) is 21.0. The van der Waals surface area contributed by atoms with Gasteiger partial charge in [0.25, 0.3) is 5.91 Å². The quantitative estimate of drug-likeness (QED) is 0.500. The Balaban J connectivity index is 1.37. The first-order valence-corrected chi connectivity index (χ1v) is 11.8. The molecule has 1 saturated carbocycles. The topological polar surface area (TPSA) is 98.9 Å². The van der Waals surface area contributed by atoms with E-state index in [2.05, 4.69) is 52.7 Å². The van der Waals surface area contributed by atoms with Gasteiger partial charge in [-0.25, -0.2) is 19.9 Å². The highest BCUT2D eigenvalue weighted by Gasteiger charge is 2.41. The molecule has 4 rings (SSSR count). The Kier molecular flexibility index (Phi) is 6.63. The van der Waals surface area contributed by atoms with Gasteiger partial charge in [-0.1, -0.05) is 27.7 Å². The van der Waals surface area contributed by atoms with Crippen molar-refractivity contribution in [2.45, 2.75) is 65.4 Å². The van der Waals surface area contributed by atoms with Gasteiger partial charge >= 0.3 is 6.01 Å². The van der Waals surface area contributed by atoms with Crippen LogP contribution >= 0.6 is 0 Å². The molecule has 0 N–H and O–H groups in total. The molecular formula is C25H33N7O2. The number of hydrogen-bond donors (Lipinski definition) is 0. The van der Waals surface area contributed by atoms with Crippen LogP contribution in [0.1, 0.15) is 79.0 Å². The van der Waals surface area contributed by atoms with Crippen molar-refractivity contribution in [3.05, 3.63) is 52.9 Å². The Morgan fingerprint density at radius 3 is 2.47 bits per heavy atom. The van der Waals surface area contributed by atoms with Crippen LogP contribution in [-0.4, -0.2) is 48.8 Å². The van der Waals surface area contributed by atoms with E-state index in [0.29, 0.717) is 35.4 Å². The van der Waals surface area contributed by atoms with Gasteiger partial charge < -0.3 is 4.74 Å². The largest absolute Gasteiger partial charge is 0.460 e. The Hall–Kier alpha value is -3.36. The lowest BCUT2D eigenvalue weighted by Gasteiger charge is -2.15. The van der Waals surface area contributed by atoms with E-state index in [1.807, 2.05) is 19.2 Å². The Labute approximate surface area is 200 Å². The average molecular weight is 464 g/mol. The highest BCUT2D eigenvalue weighted by atomic mass is 16.5. The molecule has 180 valence electrons. The fourth-order valence-corrected chi connectivity index (χ4v) is 3.95. The van der Waals surface area contributed by atoms with Crippen molar-refractivity contribution in [3.8, 4) is 6.01 Å². The van der Waals surface area contributed by atoms with Crippen LogP contribution in [0.5, 0.6) is 6.01 Å². The first-order valence-electron chi connectivity index (χ1n) is 11.8. The van der Waals surface area contributed by atoms with E-state index >= 15 is 0 Å².